The number of ether oxygens (including phenoxy) is 1. The maximum atomic E-state index is 12.6. The third-order valence-corrected chi connectivity index (χ3v) is 6.33. The highest BCUT2D eigenvalue weighted by Gasteiger charge is 2.51. The molecule has 1 fully saturated rings. The predicted molar refractivity (Wildman–Crippen MR) is 113 cm³/mol. The largest absolute Gasteiger partial charge is 0.494 e. The first-order valence-corrected chi connectivity index (χ1v) is 11.1. The quantitative estimate of drug-likeness (QED) is 0.483. The van der Waals surface area contributed by atoms with Crippen molar-refractivity contribution in [2.45, 2.75) is 52.6 Å². The van der Waals surface area contributed by atoms with Crippen LogP contribution in [0.4, 0.5) is 0 Å². The number of amides is 1. The summed E-state index contributed by atoms with van der Waals surface area (Å²) in [6.45, 7) is 11.5. The fraction of sp³-hybridized carbons (Fsp3) is 0.588. The van der Waals surface area contributed by atoms with Crippen LogP contribution in [0.1, 0.15) is 45.0 Å². The summed E-state index contributed by atoms with van der Waals surface area (Å²) in [5.74, 6) is -0.158. The lowest BCUT2D eigenvalue weighted by Crippen LogP contribution is -2.41. The summed E-state index contributed by atoms with van der Waals surface area (Å²) in [5, 5.41) is 2.49. The van der Waals surface area contributed by atoms with Crippen molar-refractivity contribution in [3.63, 3.8) is 0 Å². The van der Waals surface area contributed by atoms with E-state index in [1.165, 1.54) is 14.3 Å². The Morgan fingerprint density at radius 1 is 1.28 bits per heavy atom. The van der Waals surface area contributed by atoms with Crippen LogP contribution >= 0.6 is 7.60 Å². The van der Waals surface area contributed by atoms with E-state index in [9.17, 15) is 9.36 Å². The molecule has 0 bridgehead atoms. The molecule has 1 aromatic rings. The van der Waals surface area contributed by atoms with Crippen molar-refractivity contribution >= 4 is 41.6 Å². The summed E-state index contributed by atoms with van der Waals surface area (Å²) in [6.07, 6.45) is -0.392. The van der Waals surface area contributed by atoms with Crippen LogP contribution in [0.25, 0.3) is 0 Å². The van der Waals surface area contributed by atoms with Crippen molar-refractivity contribution in [2.75, 3.05) is 12.9 Å². The van der Waals surface area contributed by atoms with Crippen molar-refractivity contribution in [2.24, 2.45) is 0 Å². The molecule has 155 valence electrons. The highest BCUT2D eigenvalue weighted by molar-refractivity contribution is 7.55. The van der Waals surface area contributed by atoms with E-state index >= 15 is 0 Å². The topological polar surface area (TPSA) is 92.3 Å². The number of benzene rings is 1. The third-order valence-electron chi connectivity index (χ3n) is 4.94. The molecule has 1 unspecified atom stereocenters. The molecule has 1 aliphatic rings. The fourth-order valence-electron chi connectivity index (χ4n) is 2.65. The first-order chi connectivity index (χ1) is 13.5. The molecule has 0 spiro atoms. The SMILES string of the molecule is [B]OP(=O)(CNC(=O)c1ccc(B2OC(C)(C)C(C)(C)O2)cc1OCC)O[B]C. The second-order valence-electron chi connectivity index (χ2n) is 7.50. The summed E-state index contributed by atoms with van der Waals surface area (Å²) < 4.78 is 39.2. The lowest BCUT2D eigenvalue weighted by atomic mass is 9.78. The van der Waals surface area contributed by atoms with E-state index in [0.29, 0.717) is 12.4 Å². The van der Waals surface area contributed by atoms with Crippen molar-refractivity contribution in [1.29, 1.82) is 0 Å². The lowest BCUT2D eigenvalue weighted by molar-refractivity contribution is 0.00578. The Labute approximate surface area is 174 Å². The molecule has 1 aromatic carbocycles. The van der Waals surface area contributed by atoms with Gasteiger partial charge in [0.05, 0.1) is 23.4 Å². The molecule has 0 aromatic heterocycles. The zero-order valence-corrected chi connectivity index (χ0v) is 18.6. The Morgan fingerprint density at radius 2 is 1.90 bits per heavy atom. The summed E-state index contributed by atoms with van der Waals surface area (Å²) in [6, 6.07) is 5.03. The first kappa shape index (κ1) is 24.0. The van der Waals surface area contributed by atoms with Gasteiger partial charge in [-0.1, -0.05) is 12.9 Å². The van der Waals surface area contributed by atoms with Crippen LogP contribution < -0.4 is 15.5 Å². The van der Waals surface area contributed by atoms with Gasteiger partial charge in [-0.2, -0.15) is 0 Å². The van der Waals surface area contributed by atoms with Gasteiger partial charge in [-0.15, -0.1) is 0 Å². The molecule has 0 aliphatic carbocycles. The van der Waals surface area contributed by atoms with E-state index in [2.05, 4.69) is 9.76 Å². The van der Waals surface area contributed by atoms with Crippen LogP contribution in [0.15, 0.2) is 18.2 Å². The van der Waals surface area contributed by atoms with E-state index in [-0.39, 0.29) is 5.56 Å². The number of carbonyl (C=O) groups is 1. The van der Waals surface area contributed by atoms with Gasteiger partial charge in [-0.05, 0) is 52.2 Å². The molecule has 1 N–H and O–H groups in total. The van der Waals surface area contributed by atoms with E-state index in [0.717, 1.165) is 5.46 Å². The molecule has 1 amide bonds. The monoisotopic (exact) mass is 420 g/mol. The van der Waals surface area contributed by atoms with E-state index in [4.69, 9.17) is 26.5 Å². The van der Waals surface area contributed by atoms with Crippen LogP contribution in [0.5, 0.6) is 5.75 Å². The molecular weight excluding hydrogens is 394 g/mol. The number of hydrogen-bond acceptors (Lipinski definition) is 7. The van der Waals surface area contributed by atoms with E-state index in [1.54, 1.807) is 18.2 Å². The normalized spacial score (nSPS) is 19.4. The van der Waals surface area contributed by atoms with Crippen molar-refractivity contribution in [3.05, 3.63) is 23.8 Å². The number of hydrogen-bond donors (Lipinski definition) is 1. The average Bonchev–Trinajstić information content (AvgIpc) is 2.88. The second-order valence-corrected chi connectivity index (χ2v) is 9.46. The molecule has 1 aliphatic heterocycles. The van der Waals surface area contributed by atoms with Gasteiger partial charge in [0, 0.05) is 0 Å². The predicted octanol–water partition coefficient (Wildman–Crippen LogP) is 2.05. The molecule has 29 heavy (non-hydrogen) atoms. The van der Waals surface area contributed by atoms with Crippen LogP contribution in [0, 0.1) is 0 Å². The van der Waals surface area contributed by atoms with E-state index < -0.39 is 38.1 Å². The first-order valence-electron chi connectivity index (χ1n) is 9.33. The van der Waals surface area contributed by atoms with Gasteiger partial charge < -0.3 is 28.2 Å². The standard InChI is InChI=1S/C17H26B3NO7P/c1-7-24-14-10-12(20-25-16(2,3)17(4,5)26-20)8-9-13(14)15(22)21-11-29(23,27-18)28-19-6/h8-10H,7,11H2,1-6H3,(H,21,22). The Kier molecular flexibility index (Phi) is 7.68. The summed E-state index contributed by atoms with van der Waals surface area (Å²) in [5.41, 5.74) is 0.0120. The van der Waals surface area contributed by atoms with Crippen LogP contribution in [0.3, 0.4) is 0 Å². The summed E-state index contributed by atoms with van der Waals surface area (Å²) in [4.78, 5) is 12.6. The Balaban J connectivity index is 2.22. The molecule has 1 saturated heterocycles. The fourth-order valence-corrected chi connectivity index (χ4v) is 3.51. The third kappa shape index (κ3) is 5.47. The molecule has 2 rings (SSSR count). The highest BCUT2D eigenvalue weighted by atomic mass is 31.2. The minimum atomic E-state index is -3.65. The van der Waals surface area contributed by atoms with Gasteiger partial charge in [0.25, 0.3) is 14.0 Å². The van der Waals surface area contributed by atoms with Gasteiger partial charge in [-0.3, -0.25) is 9.36 Å². The number of carbonyl (C=O) groups excluding carboxylic acids is 1. The average molecular weight is 420 g/mol. The lowest BCUT2D eigenvalue weighted by Gasteiger charge is -2.32. The molecule has 3 radical (unpaired) electrons. The zero-order chi connectivity index (χ0) is 21.9. The molecule has 1 atom stereocenters. The molecule has 12 heteroatoms. The minimum Gasteiger partial charge on any atom is -0.493 e. The van der Waals surface area contributed by atoms with Crippen molar-refractivity contribution < 1.29 is 32.3 Å². The number of rotatable bonds is 9. The smallest absolute Gasteiger partial charge is 0.493 e. The molecular formula is C17H26B3NO7P. The van der Waals surface area contributed by atoms with Crippen molar-refractivity contribution in [1.82, 2.24) is 5.32 Å². The van der Waals surface area contributed by atoms with E-state index in [1.807, 2.05) is 34.6 Å². The summed E-state index contributed by atoms with van der Waals surface area (Å²) in [7, 11) is 1.96. The zero-order valence-electron chi connectivity index (χ0n) is 17.7. The maximum absolute atomic E-state index is 12.6. The van der Waals surface area contributed by atoms with Crippen molar-refractivity contribution in [3.8, 4) is 5.75 Å². The highest BCUT2D eigenvalue weighted by Crippen LogP contribution is 2.45. The van der Waals surface area contributed by atoms with Gasteiger partial charge >= 0.3 is 22.2 Å². The Morgan fingerprint density at radius 3 is 2.41 bits per heavy atom. The Hall–Kier alpha value is -1.25. The van der Waals surface area contributed by atoms with Crippen LogP contribution in [-0.4, -0.2) is 52.7 Å². The van der Waals surface area contributed by atoms with Gasteiger partial charge in [0.1, 0.15) is 12.0 Å². The number of nitrogens with one attached hydrogen (secondary N) is 1. The Bertz CT molecular complexity index is 774. The molecule has 1 heterocycles. The molecule has 8 nitrogen and oxygen atoms in total. The van der Waals surface area contributed by atoms with Crippen LogP contribution in [-0.2, 0) is 22.8 Å². The molecule has 0 saturated carbocycles. The summed E-state index contributed by atoms with van der Waals surface area (Å²) >= 11 is 0. The van der Waals surface area contributed by atoms with Gasteiger partial charge in [0.2, 0.25) is 0 Å². The minimum absolute atomic E-state index is 0.260. The van der Waals surface area contributed by atoms with Gasteiger partial charge in [-0.25, -0.2) is 0 Å². The second kappa shape index (κ2) is 9.27. The van der Waals surface area contributed by atoms with Gasteiger partial charge in [0.15, 0.2) is 0 Å². The van der Waals surface area contributed by atoms with Crippen LogP contribution in [0.2, 0.25) is 6.82 Å². The maximum Gasteiger partial charge on any atom is 0.494 e.